The summed E-state index contributed by atoms with van der Waals surface area (Å²) >= 11 is 0. The summed E-state index contributed by atoms with van der Waals surface area (Å²) in [5, 5.41) is 0. The molecular formula is C22H25N3O3. The molecule has 2 aliphatic heterocycles. The van der Waals surface area contributed by atoms with E-state index < -0.39 is 0 Å². The second-order valence-corrected chi connectivity index (χ2v) is 7.46. The molecule has 2 amide bonds. The van der Waals surface area contributed by atoms with Crippen LogP contribution >= 0.6 is 0 Å². The molecule has 1 aromatic heterocycles. The molecule has 6 nitrogen and oxygen atoms in total. The molecule has 1 aromatic carbocycles. The highest BCUT2D eigenvalue weighted by Gasteiger charge is 2.38. The van der Waals surface area contributed by atoms with E-state index in [1.165, 1.54) is 5.56 Å². The lowest BCUT2D eigenvalue weighted by atomic mass is 9.89. The molecule has 2 fully saturated rings. The summed E-state index contributed by atoms with van der Waals surface area (Å²) < 4.78 is 5.38. The summed E-state index contributed by atoms with van der Waals surface area (Å²) in [6.45, 7) is 1.90. The number of benzene rings is 1. The SMILES string of the molecule is COc1ccccc1N1CC(C(=O)N2CCC(c3ccncc3)CC2)CC1=O. The third kappa shape index (κ3) is 3.59. The second kappa shape index (κ2) is 8.00. The Morgan fingerprint density at radius 2 is 1.82 bits per heavy atom. The van der Waals surface area contributed by atoms with E-state index in [9.17, 15) is 9.59 Å². The minimum Gasteiger partial charge on any atom is -0.495 e. The van der Waals surface area contributed by atoms with Gasteiger partial charge in [0.2, 0.25) is 11.8 Å². The van der Waals surface area contributed by atoms with Gasteiger partial charge in [-0.3, -0.25) is 14.6 Å². The van der Waals surface area contributed by atoms with Crippen LogP contribution in [0.5, 0.6) is 5.75 Å². The molecule has 0 N–H and O–H groups in total. The lowest BCUT2D eigenvalue weighted by molar-refractivity contribution is -0.136. The van der Waals surface area contributed by atoms with Gasteiger partial charge in [-0.05, 0) is 48.6 Å². The van der Waals surface area contributed by atoms with E-state index in [0.717, 1.165) is 31.6 Å². The smallest absolute Gasteiger partial charge is 0.228 e. The number of ether oxygens (including phenoxy) is 1. The van der Waals surface area contributed by atoms with Gasteiger partial charge in [0.15, 0.2) is 0 Å². The fourth-order valence-electron chi connectivity index (χ4n) is 4.29. The van der Waals surface area contributed by atoms with E-state index in [-0.39, 0.29) is 24.2 Å². The second-order valence-electron chi connectivity index (χ2n) is 7.46. The lowest BCUT2D eigenvalue weighted by Crippen LogP contribution is -2.42. The van der Waals surface area contributed by atoms with Gasteiger partial charge >= 0.3 is 0 Å². The summed E-state index contributed by atoms with van der Waals surface area (Å²) in [5.74, 6) is 0.924. The van der Waals surface area contributed by atoms with Crippen LogP contribution in [0.4, 0.5) is 5.69 Å². The molecule has 6 heteroatoms. The van der Waals surface area contributed by atoms with Crippen molar-refractivity contribution in [1.82, 2.24) is 9.88 Å². The topological polar surface area (TPSA) is 62.7 Å². The Kier molecular flexibility index (Phi) is 5.28. The van der Waals surface area contributed by atoms with E-state index in [0.29, 0.717) is 18.2 Å². The van der Waals surface area contributed by atoms with E-state index >= 15 is 0 Å². The first-order chi connectivity index (χ1) is 13.7. The van der Waals surface area contributed by atoms with Gasteiger partial charge in [-0.25, -0.2) is 0 Å². The predicted octanol–water partition coefficient (Wildman–Crippen LogP) is 2.85. The molecular weight excluding hydrogens is 354 g/mol. The molecule has 3 heterocycles. The molecule has 2 aromatic rings. The largest absolute Gasteiger partial charge is 0.495 e. The molecule has 2 saturated heterocycles. The standard InChI is InChI=1S/C22H25N3O3/c1-28-20-5-3-2-4-19(20)25-15-18(14-21(25)26)22(27)24-12-8-17(9-13-24)16-6-10-23-11-7-16/h2-7,10-11,17-18H,8-9,12-15H2,1H3. The van der Waals surface area contributed by atoms with Crippen molar-refractivity contribution in [3.8, 4) is 5.75 Å². The lowest BCUT2D eigenvalue weighted by Gasteiger charge is -2.33. The van der Waals surface area contributed by atoms with Gasteiger partial charge in [0.1, 0.15) is 5.75 Å². The number of hydrogen-bond acceptors (Lipinski definition) is 4. The highest BCUT2D eigenvalue weighted by molar-refractivity contribution is 6.01. The van der Waals surface area contributed by atoms with E-state index in [1.807, 2.05) is 41.6 Å². The number of rotatable bonds is 4. The number of carbonyl (C=O) groups excluding carboxylic acids is 2. The quantitative estimate of drug-likeness (QED) is 0.820. The minimum atomic E-state index is -0.283. The maximum Gasteiger partial charge on any atom is 0.228 e. The Labute approximate surface area is 165 Å². The Hall–Kier alpha value is -2.89. The maximum absolute atomic E-state index is 13.0. The maximum atomic E-state index is 13.0. The number of anilines is 1. The van der Waals surface area contributed by atoms with Crippen molar-refractivity contribution in [2.24, 2.45) is 5.92 Å². The number of amides is 2. The van der Waals surface area contributed by atoms with Crippen molar-refractivity contribution in [2.45, 2.75) is 25.2 Å². The van der Waals surface area contributed by atoms with Gasteiger partial charge in [-0.2, -0.15) is 0 Å². The average molecular weight is 379 g/mol. The first-order valence-electron chi connectivity index (χ1n) is 9.79. The molecule has 0 radical (unpaired) electrons. The molecule has 1 atom stereocenters. The van der Waals surface area contributed by atoms with Crippen LogP contribution in [0.2, 0.25) is 0 Å². The highest BCUT2D eigenvalue weighted by Crippen LogP contribution is 2.34. The van der Waals surface area contributed by atoms with Crippen molar-refractivity contribution < 1.29 is 14.3 Å². The minimum absolute atomic E-state index is 0.0190. The molecule has 2 aliphatic rings. The number of hydrogen-bond donors (Lipinski definition) is 0. The highest BCUT2D eigenvalue weighted by atomic mass is 16.5. The van der Waals surface area contributed by atoms with Crippen molar-refractivity contribution in [2.75, 3.05) is 31.6 Å². The predicted molar refractivity (Wildman–Crippen MR) is 106 cm³/mol. The van der Waals surface area contributed by atoms with Gasteiger partial charge in [0.25, 0.3) is 0 Å². The van der Waals surface area contributed by atoms with Gasteiger partial charge < -0.3 is 14.5 Å². The average Bonchev–Trinajstić information content (AvgIpc) is 3.15. The van der Waals surface area contributed by atoms with Gasteiger partial charge in [0.05, 0.1) is 18.7 Å². The number of para-hydroxylation sites is 2. The van der Waals surface area contributed by atoms with Crippen LogP contribution in [-0.2, 0) is 9.59 Å². The Morgan fingerprint density at radius 3 is 2.54 bits per heavy atom. The summed E-state index contributed by atoms with van der Waals surface area (Å²) in [6.07, 6.45) is 5.81. The fourth-order valence-corrected chi connectivity index (χ4v) is 4.29. The molecule has 0 saturated carbocycles. The molecule has 4 rings (SSSR count). The van der Waals surface area contributed by atoms with Crippen LogP contribution in [0, 0.1) is 5.92 Å². The van der Waals surface area contributed by atoms with Crippen LogP contribution in [0.15, 0.2) is 48.8 Å². The molecule has 146 valence electrons. The van der Waals surface area contributed by atoms with Crippen LogP contribution in [0.3, 0.4) is 0 Å². The zero-order chi connectivity index (χ0) is 19.5. The number of nitrogens with zero attached hydrogens (tertiary/aromatic N) is 3. The first-order valence-corrected chi connectivity index (χ1v) is 9.79. The third-order valence-electron chi connectivity index (χ3n) is 5.83. The Morgan fingerprint density at radius 1 is 1.11 bits per heavy atom. The van der Waals surface area contributed by atoms with E-state index in [2.05, 4.69) is 17.1 Å². The van der Waals surface area contributed by atoms with Crippen molar-refractivity contribution >= 4 is 17.5 Å². The fraction of sp³-hybridized carbons (Fsp3) is 0.409. The summed E-state index contributed by atoms with van der Waals surface area (Å²) in [6, 6.07) is 11.6. The first kappa shape index (κ1) is 18.5. The number of likely N-dealkylation sites (tertiary alicyclic amines) is 1. The summed E-state index contributed by atoms with van der Waals surface area (Å²) in [4.78, 5) is 33.3. The third-order valence-corrected chi connectivity index (χ3v) is 5.83. The number of carbonyl (C=O) groups is 2. The van der Waals surface area contributed by atoms with E-state index in [4.69, 9.17) is 4.74 Å². The van der Waals surface area contributed by atoms with Crippen LogP contribution in [-0.4, -0.2) is 48.4 Å². The normalized spacial score (nSPS) is 20.5. The van der Waals surface area contributed by atoms with Crippen LogP contribution < -0.4 is 9.64 Å². The van der Waals surface area contributed by atoms with Gasteiger partial charge in [-0.15, -0.1) is 0 Å². The summed E-state index contributed by atoms with van der Waals surface area (Å²) in [5.41, 5.74) is 2.03. The van der Waals surface area contributed by atoms with Crippen molar-refractivity contribution in [1.29, 1.82) is 0 Å². The van der Waals surface area contributed by atoms with Gasteiger partial charge in [-0.1, -0.05) is 12.1 Å². The van der Waals surface area contributed by atoms with Crippen LogP contribution in [0.25, 0.3) is 0 Å². The van der Waals surface area contributed by atoms with Crippen molar-refractivity contribution in [3.05, 3.63) is 54.4 Å². The van der Waals surface area contributed by atoms with Crippen molar-refractivity contribution in [3.63, 3.8) is 0 Å². The molecule has 1 unspecified atom stereocenters. The molecule has 0 spiro atoms. The number of aromatic nitrogens is 1. The van der Waals surface area contributed by atoms with E-state index in [1.54, 1.807) is 12.0 Å². The zero-order valence-electron chi connectivity index (χ0n) is 16.1. The number of pyridine rings is 1. The zero-order valence-corrected chi connectivity index (χ0v) is 16.1. The molecule has 28 heavy (non-hydrogen) atoms. The number of methoxy groups -OCH3 is 1. The molecule has 0 bridgehead atoms. The molecule has 0 aliphatic carbocycles. The van der Waals surface area contributed by atoms with Crippen LogP contribution in [0.1, 0.15) is 30.7 Å². The summed E-state index contributed by atoms with van der Waals surface area (Å²) in [7, 11) is 1.59. The monoisotopic (exact) mass is 379 g/mol. The Balaban J connectivity index is 1.39. The van der Waals surface area contributed by atoms with Gasteiger partial charge in [0, 0.05) is 38.4 Å². The Bertz CT molecular complexity index is 847. The number of piperidine rings is 1.